The van der Waals surface area contributed by atoms with E-state index in [0.29, 0.717) is 5.41 Å². The van der Waals surface area contributed by atoms with E-state index in [1.807, 2.05) is 0 Å². The smallest absolute Gasteiger partial charge is 0.108 e. The lowest BCUT2D eigenvalue weighted by atomic mass is 9.80. The van der Waals surface area contributed by atoms with E-state index in [1.165, 1.54) is 6.42 Å². The molecule has 0 atom stereocenters. The Labute approximate surface area is 93.7 Å². The van der Waals surface area contributed by atoms with Crippen molar-refractivity contribution in [2.45, 2.75) is 46.6 Å². The molecule has 1 heterocycles. The Balaban J connectivity index is 2.65. The number of hydrogen-bond donors (Lipinski definition) is 1. The largest absolute Gasteiger partial charge is 0.386 e. The van der Waals surface area contributed by atoms with Gasteiger partial charge in [0.15, 0.2) is 0 Å². The van der Waals surface area contributed by atoms with E-state index in [0.717, 1.165) is 25.5 Å². The molecular formula is C12H25N3. The number of nitrogens with two attached hydrogens (primary N) is 1. The van der Waals surface area contributed by atoms with Gasteiger partial charge in [0.1, 0.15) is 5.84 Å². The van der Waals surface area contributed by atoms with Crippen molar-refractivity contribution < 1.29 is 0 Å². The van der Waals surface area contributed by atoms with Gasteiger partial charge >= 0.3 is 0 Å². The molecule has 0 unspecified atom stereocenters. The normalized spacial score (nSPS) is 20.2. The molecule has 0 aromatic rings. The van der Waals surface area contributed by atoms with Crippen LogP contribution >= 0.6 is 0 Å². The van der Waals surface area contributed by atoms with Crippen LogP contribution in [-0.2, 0) is 0 Å². The number of hydrogen-bond acceptors (Lipinski definition) is 3. The third-order valence-corrected chi connectivity index (χ3v) is 2.86. The average Bonchev–Trinajstić information content (AvgIpc) is 1.99. The van der Waals surface area contributed by atoms with Crippen LogP contribution in [0.4, 0.5) is 0 Å². The van der Waals surface area contributed by atoms with E-state index in [-0.39, 0.29) is 5.54 Å². The molecule has 2 N–H and O–H groups in total. The molecule has 0 saturated carbocycles. The minimum Gasteiger partial charge on any atom is -0.386 e. The van der Waals surface area contributed by atoms with Gasteiger partial charge in [-0.25, -0.2) is 0 Å². The standard InChI is InChI=1S/C12H25N3/c1-11(2,3)9-12(4,5)15-7-6-14-10(13)8-15/h6-9H2,1-5H3,(H2,13,14). The van der Waals surface area contributed by atoms with Gasteiger partial charge in [-0.15, -0.1) is 0 Å². The Morgan fingerprint density at radius 3 is 2.33 bits per heavy atom. The van der Waals surface area contributed by atoms with Crippen LogP contribution < -0.4 is 5.73 Å². The Morgan fingerprint density at radius 1 is 1.27 bits per heavy atom. The van der Waals surface area contributed by atoms with Crippen molar-refractivity contribution in [1.29, 1.82) is 0 Å². The van der Waals surface area contributed by atoms with Crippen molar-refractivity contribution >= 4 is 5.84 Å². The maximum absolute atomic E-state index is 5.79. The maximum atomic E-state index is 5.79. The average molecular weight is 211 g/mol. The molecule has 0 aromatic heterocycles. The zero-order valence-electron chi connectivity index (χ0n) is 10.8. The second-order valence-corrected chi connectivity index (χ2v) is 6.34. The molecule has 3 nitrogen and oxygen atoms in total. The van der Waals surface area contributed by atoms with E-state index < -0.39 is 0 Å². The molecular weight excluding hydrogens is 186 g/mol. The first-order chi connectivity index (χ1) is 6.71. The molecule has 0 amide bonds. The molecule has 3 heteroatoms. The van der Waals surface area contributed by atoms with Crippen LogP contribution in [-0.4, -0.2) is 35.9 Å². The first kappa shape index (κ1) is 12.5. The lowest BCUT2D eigenvalue weighted by Gasteiger charge is -2.43. The van der Waals surface area contributed by atoms with Crippen LogP contribution in [0.3, 0.4) is 0 Å². The summed E-state index contributed by atoms with van der Waals surface area (Å²) in [6.07, 6.45) is 1.17. The predicted octanol–water partition coefficient (Wildman–Crippen LogP) is 1.87. The minimum absolute atomic E-state index is 0.207. The second-order valence-electron chi connectivity index (χ2n) is 6.34. The molecule has 0 aliphatic carbocycles. The lowest BCUT2D eigenvalue weighted by Crippen LogP contribution is -2.52. The van der Waals surface area contributed by atoms with Crippen molar-refractivity contribution in [1.82, 2.24) is 4.90 Å². The van der Waals surface area contributed by atoms with Crippen LogP contribution in [0.2, 0.25) is 0 Å². The van der Waals surface area contributed by atoms with Crippen LogP contribution in [0.5, 0.6) is 0 Å². The van der Waals surface area contributed by atoms with Gasteiger partial charge in [-0.3, -0.25) is 9.89 Å². The highest BCUT2D eigenvalue weighted by molar-refractivity contribution is 5.82. The lowest BCUT2D eigenvalue weighted by molar-refractivity contribution is 0.0917. The van der Waals surface area contributed by atoms with Crippen LogP contribution in [0.1, 0.15) is 41.0 Å². The van der Waals surface area contributed by atoms with Gasteiger partial charge in [0.05, 0.1) is 13.1 Å². The summed E-state index contributed by atoms with van der Waals surface area (Å²) in [7, 11) is 0. The zero-order valence-corrected chi connectivity index (χ0v) is 10.8. The first-order valence-electron chi connectivity index (χ1n) is 5.75. The molecule has 0 saturated heterocycles. The van der Waals surface area contributed by atoms with Gasteiger partial charge in [0.25, 0.3) is 0 Å². The molecule has 1 aliphatic heterocycles. The molecule has 0 aromatic carbocycles. The maximum Gasteiger partial charge on any atom is 0.108 e. The summed E-state index contributed by atoms with van der Waals surface area (Å²) in [6.45, 7) is 14.2. The Hall–Kier alpha value is -0.570. The molecule has 88 valence electrons. The van der Waals surface area contributed by atoms with Crippen molar-refractivity contribution in [2.24, 2.45) is 16.1 Å². The highest BCUT2D eigenvalue weighted by atomic mass is 15.2. The molecule has 15 heavy (non-hydrogen) atoms. The number of rotatable bonds is 2. The van der Waals surface area contributed by atoms with Crippen LogP contribution in [0.25, 0.3) is 0 Å². The predicted molar refractivity (Wildman–Crippen MR) is 66.2 cm³/mol. The molecule has 1 rings (SSSR count). The quantitative estimate of drug-likeness (QED) is 0.757. The molecule has 1 aliphatic rings. The van der Waals surface area contributed by atoms with Crippen molar-refractivity contribution in [3.63, 3.8) is 0 Å². The van der Waals surface area contributed by atoms with E-state index in [9.17, 15) is 0 Å². The summed E-state index contributed by atoms with van der Waals surface area (Å²) in [5, 5.41) is 0. The van der Waals surface area contributed by atoms with E-state index in [1.54, 1.807) is 0 Å². The van der Waals surface area contributed by atoms with Gasteiger partial charge < -0.3 is 5.73 Å². The monoisotopic (exact) mass is 211 g/mol. The van der Waals surface area contributed by atoms with Gasteiger partial charge in [-0.05, 0) is 25.7 Å². The van der Waals surface area contributed by atoms with Crippen LogP contribution in [0.15, 0.2) is 4.99 Å². The zero-order chi connectivity index (χ0) is 11.7. The second kappa shape index (κ2) is 4.12. The van der Waals surface area contributed by atoms with E-state index >= 15 is 0 Å². The van der Waals surface area contributed by atoms with Gasteiger partial charge in [0, 0.05) is 12.1 Å². The summed E-state index contributed by atoms with van der Waals surface area (Å²) >= 11 is 0. The third kappa shape index (κ3) is 3.82. The fraction of sp³-hybridized carbons (Fsp3) is 0.917. The highest BCUT2D eigenvalue weighted by Gasteiger charge is 2.32. The topological polar surface area (TPSA) is 41.6 Å². The first-order valence-corrected chi connectivity index (χ1v) is 5.75. The molecule has 0 bridgehead atoms. The Kier molecular flexibility index (Phi) is 3.44. The SMILES string of the molecule is CC(C)(C)CC(C)(C)N1CCN=C(N)C1. The van der Waals surface area contributed by atoms with Crippen LogP contribution in [0, 0.1) is 5.41 Å². The Morgan fingerprint density at radius 2 is 1.87 bits per heavy atom. The molecule has 0 radical (unpaired) electrons. The van der Waals surface area contributed by atoms with Gasteiger partial charge in [-0.1, -0.05) is 20.8 Å². The summed E-state index contributed by atoms with van der Waals surface area (Å²) in [6, 6.07) is 0. The number of amidine groups is 1. The fourth-order valence-electron chi connectivity index (χ4n) is 2.57. The summed E-state index contributed by atoms with van der Waals surface area (Å²) in [5.74, 6) is 0.781. The highest BCUT2D eigenvalue weighted by Crippen LogP contribution is 2.31. The third-order valence-electron chi connectivity index (χ3n) is 2.86. The van der Waals surface area contributed by atoms with E-state index in [4.69, 9.17) is 5.73 Å². The van der Waals surface area contributed by atoms with Crippen molar-refractivity contribution in [3.05, 3.63) is 0 Å². The number of nitrogens with zero attached hydrogens (tertiary/aromatic N) is 2. The van der Waals surface area contributed by atoms with Crippen molar-refractivity contribution in [2.75, 3.05) is 19.6 Å². The fourth-order valence-corrected chi connectivity index (χ4v) is 2.57. The Bertz CT molecular complexity index is 248. The summed E-state index contributed by atoms with van der Waals surface area (Å²) in [5.41, 5.74) is 6.36. The number of aliphatic imine (C=N–C) groups is 1. The summed E-state index contributed by atoms with van der Waals surface area (Å²) in [4.78, 5) is 6.69. The van der Waals surface area contributed by atoms with Gasteiger partial charge in [-0.2, -0.15) is 0 Å². The molecule has 0 spiro atoms. The van der Waals surface area contributed by atoms with Gasteiger partial charge in [0.2, 0.25) is 0 Å². The van der Waals surface area contributed by atoms with Crippen molar-refractivity contribution in [3.8, 4) is 0 Å². The molecule has 0 fully saturated rings. The van der Waals surface area contributed by atoms with E-state index in [2.05, 4.69) is 44.5 Å². The minimum atomic E-state index is 0.207. The summed E-state index contributed by atoms with van der Waals surface area (Å²) < 4.78 is 0.